The lowest BCUT2D eigenvalue weighted by Crippen LogP contribution is -2.37. The minimum atomic E-state index is -0.265. The highest BCUT2D eigenvalue weighted by atomic mass is 32.1. The monoisotopic (exact) mass is 323 g/mol. The van der Waals surface area contributed by atoms with Gasteiger partial charge in [0.05, 0.1) is 12.6 Å². The van der Waals surface area contributed by atoms with Crippen molar-refractivity contribution in [1.29, 1.82) is 0 Å². The molecule has 0 saturated heterocycles. The van der Waals surface area contributed by atoms with E-state index in [0.29, 0.717) is 23.8 Å². The van der Waals surface area contributed by atoms with E-state index in [9.17, 15) is 14.7 Å². The summed E-state index contributed by atoms with van der Waals surface area (Å²) < 4.78 is 0. The van der Waals surface area contributed by atoms with Gasteiger partial charge in [-0.3, -0.25) is 14.5 Å². The third-order valence-electron chi connectivity index (χ3n) is 4.15. The van der Waals surface area contributed by atoms with Crippen molar-refractivity contribution in [3.05, 3.63) is 9.88 Å². The minimum absolute atomic E-state index is 0.0837. The summed E-state index contributed by atoms with van der Waals surface area (Å²) in [5.74, 6) is 0.721. The van der Waals surface area contributed by atoms with Gasteiger partial charge in [0.15, 0.2) is 5.01 Å². The van der Waals surface area contributed by atoms with Crippen LogP contribution in [0, 0.1) is 5.92 Å². The van der Waals surface area contributed by atoms with E-state index in [0.717, 1.165) is 30.6 Å². The van der Waals surface area contributed by atoms with E-state index in [1.54, 1.807) is 4.90 Å². The number of hydrogen-bond donors (Lipinski definition) is 2. The Morgan fingerprint density at radius 3 is 2.91 bits per heavy atom. The molecule has 120 valence electrons. The molecular formula is C15H21N3O3S. The fourth-order valence-corrected chi connectivity index (χ4v) is 3.62. The average molecular weight is 323 g/mol. The molecule has 2 heterocycles. The Morgan fingerprint density at radius 1 is 1.50 bits per heavy atom. The van der Waals surface area contributed by atoms with Gasteiger partial charge in [-0.2, -0.15) is 0 Å². The number of aryl methyl sites for hydroxylation is 1. The van der Waals surface area contributed by atoms with Gasteiger partial charge in [0.25, 0.3) is 5.91 Å². The van der Waals surface area contributed by atoms with Gasteiger partial charge < -0.3 is 10.4 Å². The Bertz CT molecular complexity index is 579. The summed E-state index contributed by atoms with van der Waals surface area (Å²) in [6.45, 7) is 2.52. The second-order valence-electron chi connectivity index (χ2n) is 5.89. The predicted molar refractivity (Wildman–Crippen MR) is 84.1 cm³/mol. The van der Waals surface area contributed by atoms with E-state index in [1.807, 2.05) is 6.92 Å². The van der Waals surface area contributed by atoms with Gasteiger partial charge in [0.1, 0.15) is 5.82 Å². The van der Waals surface area contributed by atoms with Crippen LogP contribution in [0.3, 0.4) is 0 Å². The molecule has 2 aliphatic rings. The van der Waals surface area contributed by atoms with Crippen molar-refractivity contribution in [2.24, 2.45) is 5.92 Å². The lowest BCUT2D eigenvalue weighted by Gasteiger charge is -2.25. The number of aliphatic hydroxyl groups excluding tert-OH is 1. The number of fused-ring (bicyclic) bond motifs is 1. The van der Waals surface area contributed by atoms with Crippen LogP contribution < -0.4 is 10.2 Å². The molecule has 1 atom stereocenters. The number of nitrogens with one attached hydrogen (secondary N) is 1. The molecule has 3 rings (SSSR count). The van der Waals surface area contributed by atoms with Gasteiger partial charge in [0, 0.05) is 17.3 Å². The van der Waals surface area contributed by atoms with Crippen molar-refractivity contribution >= 4 is 29.0 Å². The normalized spacial score (nSPS) is 18.7. The topological polar surface area (TPSA) is 82.5 Å². The van der Waals surface area contributed by atoms with Crippen molar-refractivity contribution in [3.8, 4) is 0 Å². The van der Waals surface area contributed by atoms with Crippen molar-refractivity contribution in [2.45, 2.75) is 45.1 Å². The van der Waals surface area contributed by atoms with Crippen molar-refractivity contribution < 1.29 is 14.7 Å². The molecule has 22 heavy (non-hydrogen) atoms. The number of aliphatic hydroxyl groups is 1. The van der Waals surface area contributed by atoms with Gasteiger partial charge in [-0.15, -0.1) is 11.3 Å². The number of amides is 2. The van der Waals surface area contributed by atoms with Crippen LogP contribution in [0.25, 0.3) is 0 Å². The van der Waals surface area contributed by atoms with Crippen LogP contribution in [0.1, 0.15) is 47.3 Å². The van der Waals surface area contributed by atoms with Crippen LogP contribution >= 0.6 is 11.3 Å². The smallest absolute Gasteiger partial charge is 0.280 e. The maximum absolute atomic E-state index is 12.3. The third kappa shape index (κ3) is 3.01. The van der Waals surface area contributed by atoms with Gasteiger partial charge in [-0.05, 0) is 32.1 Å². The first-order valence-electron chi connectivity index (χ1n) is 7.86. The summed E-state index contributed by atoms with van der Waals surface area (Å²) >= 11 is 1.36. The predicted octanol–water partition coefficient (Wildman–Crippen LogP) is 1.33. The first-order chi connectivity index (χ1) is 10.6. The Labute approximate surface area is 133 Å². The van der Waals surface area contributed by atoms with Gasteiger partial charge in [-0.25, -0.2) is 4.98 Å². The molecule has 1 aromatic rings. The summed E-state index contributed by atoms with van der Waals surface area (Å²) in [4.78, 5) is 31.8. The van der Waals surface area contributed by atoms with Gasteiger partial charge in [0.2, 0.25) is 5.91 Å². The largest absolute Gasteiger partial charge is 0.394 e. The molecule has 6 nitrogen and oxygen atoms in total. The standard InChI is InChI=1S/C15H21N3O3S/c1-2-10(8-19)16-13(20)14-17-12-11(22-14)4-3-7-18(12)15(21)9-5-6-9/h9-10,19H,2-8H2,1H3,(H,16,20). The minimum Gasteiger partial charge on any atom is -0.394 e. The molecule has 1 aliphatic heterocycles. The number of hydrogen-bond acceptors (Lipinski definition) is 5. The second-order valence-corrected chi connectivity index (χ2v) is 6.98. The van der Waals surface area contributed by atoms with E-state index in [-0.39, 0.29) is 30.4 Å². The van der Waals surface area contributed by atoms with Crippen molar-refractivity contribution in [2.75, 3.05) is 18.1 Å². The quantitative estimate of drug-likeness (QED) is 0.856. The third-order valence-corrected chi connectivity index (χ3v) is 5.26. The number of aromatic nitrogens is 1. The molecular weight excluding hydrogens is 302 g/mol. The highest BCUT2D eigenvalue weighted by Crippen LogP contribution is 2.37. The zero-order valence-corrected chi connectivity index (χ0v) is 13.5. The van der Waals surface area contributed by atoms with E-state index >= 15 is 0 Å². The molecule has 1 aromatic heterocycles. The average Bonchev–Trinajstić information content (AvgIpc) is 3.29. The first kappa shape index (κ1) is 15.4. The lowest BCUT2D eigenvalue weighted by atomic mass is 10.1. The molecule has 1 aliphatic carbocycles. The van der Waals surface area contributed by atoms with Crippen LogP contribution in [0.2, 0.25) is 0 Å². The fourth-order valence-electron chi connectivity index (χ4n) is 2.61. The Balaban J connectivity index is 1.78. The first-order valence-corrected chi connectivity index (χ1v) is 8.68. The summed E-state index contributed by atoms with van der Waals surface area (Å²) in [5, 5.41) is 12.3. The van der Waals surface area contributed by atoms with E-state index in [2.05, 4.69) is 10.3 Å². The Kier molecular flexibility index (Phi) is 4.44. The van der Waals surface area contributed by atoms with Crippen molar-refractivity contribution in [3.63, 3.8) is 0 Å². The van der Waals surface area contributed by atoms with Crippen LogP contribution in [-0.4, -0.2) is 41.1 Å². The summed E-state index contributed by atoms with van der Waals surface area (Å²) in [5.41, 5.74) is 0. The van der Waals surface area contributed by atoms with E-state index in [4.69, 9.17) is 0 Å². The maximum atomic E-state index is 12.3. The van der Waals surface area contributed by atoms with Crippen LogP contribution in [-0.2, 0) is 11.2 Å². The van der Waals surface area contributed by atoms with Gasteiger partial charge >= 0.3 is 0 Å². The molecule has 7 heteroatoms. The molecule has 2 N–H and O–H groups in total. The number of anilines is 1. The molecule has 1 unspecified atom stereocenters. The SMILES string of the molecule is CCC(CO)NC(=O)c1nc2c(s1)CCCN2C(=O)C1CC1. The Morgan fingerprint density at radius 2 is 2.27 bits per heavy atom. The number of carbonyl (C=O) groups excluding carboxylic acids is 2. The van der Waals surface area contributed by atoms with Crippen molar-refractivity contribution in [1.82, 2.24) is 10.3 Å². The lowest BCUT2D eigenvalue weighted by molar-refractivity contribution is -0.119. The molecule has 0 bridgehead atoms. The number of nitrogens with zero attached hydrogens (tertiary/aromatic N) is 2. The highest BCUT2D eigenvalue weighted by molar-refractivity contribution is 7.14. The highest BCUT2D eigenvalue weighted by Gasteiger charge is 2.37. The van der Waals surface area contributed by atoms with Gasteiger partial charge in [-0.1, -0.05) is 6.92 Å². The molecule has 1 saturated carbocycles. The van der Waals surface area contributed by atoms with Crippen LogP contribution in [0.5, 0.6) is 0 Å². The maximum Gasteiger partial charge on any atom is 0.280 e. The number of rotatable bonds is 5. The summed E-state index contributed by atoms with van der Waals surface area (Å²) in [6.07, 6.45) is 4.39. The molecule has 0 aromatic carbocycles. The zero-order chi connectivity index (χ0) is 15.7. The summed E-state index contributed by atoms with van der Waals surface area (Å²) in [6, 6.07) is -0.252. The number of thiazole rings is 1. The van der Waals surface area contributed by atoms with Crippen LogP contribution in [0.4, 0.5) is 5.82 Å². The van der Waals surface area contributed by atoms with Crippen LogP contribution in [0.15, 0.2) is 0 Å². The van der Waals surface area contributed by atoms with E-state index < -0.39 is 0 Å². The number of carbonyl (C=O) groups is 2. The fraction of sp³-hybridized carbons (Fsp3) is 0.667. The molecule has 2 amide bonds. The second kappa shape index (κ2) is 6.34. The van der Waals surface area contributed by atoms with E-state index in [1.165, 1.54) is 11.3 Å². The zero-order valence-electron chi connectivity index (χ0n) is 12.7. The molecule has 1 fully saturated rings. The Hall–Kier alpha value is -1.47. The molecule has 0 radical (unpaired) electrons. The molecule has 0 spiro atoms. The summed E-state index contributed by atoms with van der Waals surface area (Å²) in [7, 11) is 0.